The van der Waals surface area contributed by atoms with Crippen LogP contribution in [0.1, 0.15) is 0 Å². The first-order valence-electron chi connectivity index (χ1n) is 5.02. The second-order valence-electron chi connectivity index (χ2n) is 3.51. The van der Waals surface area contributed by atoms with E-state index in [-0.39, 0.29) is 5.75 Å². The van der Waals surface area contributed by atoms with Crippen molar-refractivity contribution >= 4 is 5.69 Å². The zero-order valence-corrected chi connectivity index (χ0v) is 9.44. The van der Waals surface area contributed by atoms with Crippen molar-refractivity contribution in [2.24, 2.45) is 0 Å². The maximum atomic E-state index is 13.3. The molecule has 104 valence electrons. The number of aromatic nitrogens is 1. The molecule has 0 saturated heterocycles. The second kappa shape index (κ2) is 5.11. The van der Waals surface area contributed by atoms with Gasteiger partial charge in [-0.3, -0.25) is 10.1 Å². The minimum atomic E-state index is -1.88. The average molecular weight is 288 g/mol. The number of benzene rings is 1. The molecule has 1 heterocycles. The van der Waals surface area contributed by atoms with Crippen molar-refractivity contribution in [2.75, 3.05) is 0 Å². The van der Waals surface area contributed by atoms with Crippen LogP contribution in [0.25, 0.3) is 0 Å². The Labute approximate surface area is 108 Å². The van der Waals surface area contributed by atoms with Crippen LogP contribution in [0.15, 0.2) is 24.3 Å². The fourth-order valence-corrected chi connectivity index (χ4v) is 1.34. The molecule has 0 N–H and O–H groups in total. The standard InChI is InChI=1S/C11H4F4N2O3/c12-7-9(8(13)11(15)16-10(7)14)20-6-3-1-2-5(4-6)17(18)19/h1-4H. The molecule has 5 nitrogen and oxygen atoms in total. The third-order valence-corrected chi connectivity index (χ3v) is 2.21. The van der Waals surface area contributed by atoms with Crippen molar-refractivity contribution < 1.29 is 27.2 Å². The molecule has 0 fully saturated rings. The molecular formula is C11H4F4N2O3. The summed E-state index contributed by atoms with van der Waals surface area (Å²) in [4.78, 5) is 12.1. The van der Waals surface area contributed by atoms with Gasteiger partial charge in [-0.05, 0) is 6.07 Å². The van der Waals surface area contributed by atoms with Crippen molar-refractivity contribution in [2.45, 2.75) is 0 Å². The van der Waals surface area contributed by atoms with Gasteiger partial charge < -0.3 is 4.74 Å². The molecule has 0 saturated carbocycles. The van der Waals surface area contributed by atoms with E-state index in [1.165, 1.54) is 6.07 Å². The molecule has 1 aromatic heterocycles. The van der Waals surface area contributed by atoms with Gasteiger partial charge in [0.25, 0.3) is 17.6 Å². The van der Waals surface area contributed by atoms with E-state index in [0.29, 0.717) is 0 Å². The zero-order valence-electron chi connectivity index (χ0n) is 9.44. The molecule has 9 heteroatoms. The van der Waals surface area contributed by atoms with E-state index in [2.05, 4.69) is 9.72 Å². The minimum Gasteiger partial charge on any atom is -0.451 e. The molecule has 0 unspecified atom stereocenters. The van der Waals surface area contributed by atoms with Crippen molar-refractivity contribution in [1.82, 2.24) is 4.98 Å². The summed E-state index contributed by atoms with van der Waals surface area (Å²) in [5.74, 6) is -9.17. The quantitative estimate of drug-likeness (QED) is 0.376. The van der Waals surface area contributed by atoms with Gasteiger partial charge in [0.05, 0.1) is 11.0 Å². The van der Waals surface area contributed by atoms with Crippen molar-refractivity contribution in [3.8, 4) is 11.5 Å². The number of non-ortho nitro benzene ring substituents is 1. The number of pyridine rings is 1. The van der Waals surface area contributed by atoms with Gasteiger partial charge in [-0.2, -0.15) is 22.5 Å². The lowest BCUT2D eigenvalue weighted by Crippen LogP contribution is -2.03. The number of rotatable bonds is 3. The van der Waals surface area contributed by atoms with Gasteiger partial charge in [0.2, 0.25) is 17.4 Å². The highest BCUT2D eigenvalue weighted by molar-refractivity contribution is 5.40. The van der Waals surface area contributed by atoms with Crippen LogP contribution in [0.3, 0.4) is 0 Å². The molecule has 0 aliphatic heterocycles. The fourth-order valence-electron chi connectivity index (χ4n) is 1.34. The van der Waals surface area contributed by atoms with Gasteiger partial charge >= 0.3 is 0 Å². The molecule has 0 aliphatic rings. The Morgan fingerprint density at radius 2 is 1.70 bits per heavy atom. The third kappa shape index (κ3) is 2.51. The monoisotopic (exact) mass is 288 g/mol. The van der Waals surface area contributed by atoms with E-state index < -0.39 is 39.9 Å². The summed E-state index contributed by atoms with van der Waals surface area (Å²) in [5.41, 5.74) is -0.418. The van der Waals surface area contributed by atoms with Crippen LogP contribution in [0, 0.1) is 33.6 Å². The van der Waals surface area contributed by atoms with E-state index in [1.54, 1.807) is 0 Å². The molecule has 1 aromatic carbocycles. The van der Waals surface area contributed by atoms with Crippen LogP contribution in [-0.2, 0) is 0 Å². The molecule has 0 bridgehead atoms. The van der Waals surface area contributed by atoms with Crippen LogP contribution >= 0.6 is 0 Å². The summed E-state index contributed by atoms with van der Waals surface area (Å²) in [6.07, 6.45) is 0. The van der Waals surface area contributed by atoms with Crippen molar-refractivity contribution in [3.05, 3.63) is 57.9 Å². The molecule has 0 radical (unpaired) electrons. The summed E-state index contributed by atoms with van der Waals surface area (Å²) in [5, 5.41) is 10.5. The first kappa shape index (κ1) is 13.7. The van der Waals surface area contributed by atoms with Crippen LogP contribution in [-0.4, -0.2) is 9.91 Å². The maximum absolute atomic E-state index is 13.3. The Bertz CT molecular complexity index is 667. The highest BCUT2D eigenvalue weighted by Gasteiger charge is 2.23. The van der Waals surface area contributed by atoms with E-state index in [1.807, 2.05) is 0 Å². The third-order valence-electron chi connectivity index (χ3n) is 2.21. The number of halogens is 4. The van der Waals surface area contributed by atoms with E-state index in [4.69, 9.17) is 0 Å². The molecule has 20 heavy (non-hydrogen) atoms. The fraction of sp³-hybridized carbons (Fsp3) is 0. The van der Waals surface area contributed by atoms with Crippen LogP contribution in [0.5, 0.6) is 11.5 Å². The molecule has 0 amide bonds. The molecule has 2 aromatic rings. The Balaban J connectivity index is 2.45. The SMILES string of the molecule is O=[N+]([O-])c1cccc(Oc2c(F)c(F)nc(F)c2F)c1. The highest BCUT2D eigenvalue weighted by Crippen LogP contribution is 2.30. The van der Waals surface area contributed by atoms with E-state index >= 15 is 0 Å². The summed E-state index contributed by atoms with van der Waals surface area (Å²) in [7, 11) is 0. The van der Waals surface area contributed by atoms with Gasteiger partial charge in [0.15, 0.2) is 0 Å². The Kier molecular flexibility index (Phi) is 3.51. The van der Waals surface area contributed by atoms with Gasteiger partial charge in [0.1, 0.15) is 5.75 Å². The summed E-state index contributed by atoms with van der Waals surface area (Å²) in [6, 6.07) is 4.25. The van der Waals surface area contributed by atoms with Gasteiger partial charge in [-0.1, -0.05) is 6.07 Å². The Morgan fingerprint density at radius 1 is 1.10 bits per heavy atom. The average Bonchev–Trinajstić information content (AvgIpc) is 2.42. The predicted octanol–water partition coefficient (Wildman–Crippen LogP) is 3.34. The van der Waals surface area contributed by atoms with Crippen molar-refractivity contribution in [1.29, 1.82) is 0 Å². The molecular weight excluding hydrogens is 284 g/mol. The minimum absolute atomic E-state index is 0.359. The van der Waals surface area contributed by atoms with E-state index in [0.717, 1.165) is 18.2 Å². The lowest BCUT2D eigenvalue weighted by molar-refractivity contribution is -0.384. The number of ether oxygens (including phenoxy) is 1. The van der Waals surface area contributed by atoms with Crippen molar-refractivity contribution in [3.63, 3.8) is 0 Å². The first-order valence-corrected chi connectivity index (χ1v) is 5.02. The number of hydrogen-bond acceptors (Lipinski definition) is 4. The Morgan fingerprint density at radius 3 is 2.25 bits per heavy atom. The van der Waals surface area contributed by atoms with Crippen LogP contribution < -0.4 is 4.74 Å². The number of nitro groups is 1. The summed E-state index contributed by atoms with van der Waals surface area (Å²) >= 11 is 0. The lowest BCUT2D eigenvalue weighted by atomic mass is 10.3. The van der Waals surface area contributed by atoms with Crippen LogP contribution in [0.4, 0.5) is 23.2 Å². The van der Waals surface area contributed by atoms with Gasteiger partial charge in [0, 0.05) is 6.07 Å². The first-order chi connectivity index (χ1) is 9.40. The highest BCUT2D eigenvalue weighted by atomic mass is 19.2. The second-order valence-corrected chi connectivity index (χ2v) is 3.51. The molecule has 0 aliphatic carbocycles. The molecule has 0 spiro atoms. The lowest BCUT2D eigenvalue weighted by Gasteiger charge is -2.08. The summed E-state index contributed by atoms with van der Waals surface area (Å²) in [6.45, 7) is 0. The zero-order chi connectivity index (χ0) is 14.9. The topological polar surface area (TPSA) is 65.3 Å². The largest absolute Gasteiger partial charge is 0.451 e. The van der Waals surface area contributed by atoms with Crippen LogP contribution in [0.2, 0.25) is 0 Å². The summed E-state index contributed by atoms with van der Waals surface area (Å²) < 4.78 is 56.9. The Hall–Kier alpha value is -2.71. The molecule has 2 rings (SSSR count). The normalized spacial score (nSPS) is 10.4. The number of nitrogens with zero attached hydrogens (tertiary/aromatic N) is 2. The number of nitro benzene ring substituents is 1. The van der Waals surface area contributed by atoms with Gasteiger partial charge in [-0.15, -0.1) is 0 Å². The maximum Gasteiger partial charge on any atom is 0.273 e. The smallest absolute Gasteiger partial charge is 0.273 e. The predicted molar refractivity (Wildman–Crippen MR) is 57.2 cm³/mol. The van der Waals surface area contributed by atoms with E-state index in [9.17, 15) is 27.7 Å². The molecule has 0 atom stereocenters. The van der Waals surface area contributed by atoms with Gasteiger partial charge in [-0.25, -0.2) is 0 Å². The number of hydrogen-bond donors (Lipinski definition) is 0.